The molecule has 3 rings (SSSR count). The summed E-state index contributed by atoms with van der Waals surface area (Å²) in [5.41, 5.74) is 1.38. The smallest absolute Gasteiger partial charge is 0.292 e. The number of carbonyl (C=O) groups is 1. The summed E-state index contributed by atoms with van der Waals surface area (Å²) in [6.07, 6.45) is 0. The minimum atomic E-state index is -0.156. The number of methoxy groups -OCH3 is 1. The molecule has 0 saturated carbocycles. The molecule has 0 aliphatic rings. The minimum Gasteiger partial charge on any atom is -0.497 e. The first-order chi connectivity index (χ1) is 13.5. The van der Waals surface area contributed by atoms with Crippen LogP contribution in [-0.4, -0.2) is 36.4 Å². The highest BCUT2D eigenvalue weighted by molar-refractivity contribution is 7.71. The van der Waals surface area contributed by atoms with E-state index in [0.717, 1.165) is 16.2 Å². The largest absolute Gasteiger partial charge is 0.497 e. The van der Waals surface area contributed by atoms with Gasteiger partial charge in [0, 0.05) is 5.56 Å². The number of rotatable bonds is 7. The molecule has 28 heavy (non-hydrogen) atoms. The summed E-state index contributed by atoms with van der Waals surface area (Å²) in [6, 6.07) is 14.4. The average Bonchev–Trinajstić information content (AvgIpc) is 3.04. The summed E-state index contributed by atoms with van der Waals surface area (Å²) in [5.74, 6) is 1.01. The molecule has 1 aromatic heterocycles. The zero-order valence-electron chi connectivity index (χ0n) is 15.4. The molecule has 0 fully saturated rings. The number of benzene rings is 2. The van der Waals surface area contributed by atoms with E-state index < -0.39 is 0 Å². The first-order valence-corrected chi connectivity index (χ1v) is 9.33. The highest BCUT2D eigenvalue weighted by atomic mass is 35.5. The van der Waals surface area contributed by atoms with Crippen LogP contribution in [-0.2, 0) is 11.5 Å². The Labute approximate surface area is 172 Å². The normalized spacial score (nSPS) is 11.8. The van der Waals surface area contributed by atoms with Crippen LogP contribution in [0.3, 0.4) is 0 Å². The van der Waals surface area contributed by atoms with Crippen molar-refractivity contribution in [1.82, 2.24) is 9.78 Å². The van der Waals surface area contributed by atoms with E-state index in [2.05, 4.69) is 10.4 Å². The second-order valence-electron chi connectivity index (χ2n) is 6.22. The van der Waals surface area contributed by atoms with Crippen LogP contribution < -0.4 is 15.0 Å². The van der Waals surface area contributed by atoms with Crippen molar-refractivity contribution < 1.29 is 18.8 Å². The lowest BCUT2D eigenvalue weighted by Gasteiger charge is -2.13. The molecule has 0 aliphatic heterocycles. The fourth-order valence-corrected chi connectivity index (χ4v) is 2.97. The minimum absolute atomic E-state index is 0.156. The van der Waals surface area contributed by atoms with Gasteiger partial charge in [-0.15, -0.1) is 5.10 Å². The number of aromatic nitrogens is 2. The maximum absolute atomic E-state index is 12.3. The Morgan fingerprint density at radius 2 is 2.00 bits per heavy atom. The third-order valence-electron chi connectivity index (χ3n) is 3.97. The van der Waals surface area contributed by atoms with Crippen molar-refractivity contribution in [2.24, 2.45) is 0 Å². The van der Waals surface area contributed by atoms with Gasteiger partial charge in [-0.3, -0.25) is 4.79 Å². The quantitative estimate of drug-likeness (QED) is 0.576. The van der Waals surface area contributed by atoms with Crippen LogP contribution in [0.4, 0.5) is 5.69 Å². The van der Waals surface area contributed by atoms with Crippen molar-refractivity contribution in [3.8, 4) is 17.2 Å². The van der Waals surface area contributed by atoms with E-state index in [1.54, 1.807) is 23.9 Å². The summed E-state index contributed by atoms with van der Waals surface area (Å²) >= 11 is 11.3. The molecule has 7 nitrogen and oxygen atoms in total. The van der Waals surface area contributed by atoms with Crippen molar-refractivity contribution in [2.45, 2.75) is 6.67 Å². The van der Waals surface area contributed by atoms with Crippen LogP contribution in [0.15, 0.2) is 52.9 Å². The number of ether oxygens (including phenoxy) is 1. The summed E-state index contributed by atoms with van der Waals surface area (Å²) in [5, 5.41) is 7.71. The number of halogens is 1. The Kier molecular flexibility index (Phi) is 6.45. The highest BCUT2D eigenvalue weighted by Crippen LogP contribution is 2.21. The topological polar surface area (TPSA) is 73.7 Å². The number of nitrogens with zero attached hydrogens (tertiary/aromatic N) is 2. The molecule has 9 heteroatoms. The predicted octanol–water partition coefficient (Wildman–Crippen LogP) is 2.65. The molecule has 3 aromatic rings. The SMILES string of the molecule is COc1ccc(-c2nn(C[NH+](C)CC(=O)Nc3ccccc3Cl)c(=S)o2)cc1. The van der Waals surface area contributed by atoms with Crippen LogP contribution in [0.25, 0.3) is 11.5 Å². The molecule has 0 bridgehead atoms. The van der Waals surface area contributed by atoms with Gasteiger partial charge >= 0.3 is 0 Å². The van der Waals surface area contributed by atoms with E-state index in [9.17, 15) is 4.79 Å². The number of anilines is 1. The number of quaternary nitrogens is 1. The lowest BCUT2D eigenvalue weighted by Crippen LogP contribution is -3.09. The summed E-state index contributed by atoms with van der Waals surface area (Å²) in [6.45, 7) is 0.603. The number of hydrogen-bond acceptors (Lipinski definition) is 5. The summed E-state index contributed by atoms with van der Waals surface area (Å²) < 4.78 is 12.3. The zero-order chi connectivity index (χ0) is 20.1. The molecular weight excluding hydrogens is 400 g/mol. The predicted molar refractivity (Wildman–Crippen MR) is 109 cm³/mol. The van der Waals surface area contributed by atoms with Crippen molar-refractivity contribution in [2.75, 3.05) is 26.0 Å². The lowest BCUT2D eigenvalue weighted by molar-refractivity contribution is -0.895. The third-order valence-corrected chi connectivity index (χ3v) is 4.60. The molecule has 0 aliphatic carbocycles. The molecule has 1 unspecified atom stereocenters. The standard InChI is InChI=1S/C19H19ClN4O3S/c1-23(11-17(25)21-16-6-4-3-5-15(16)20)12-24-19(28)27-18(22-24)13-7-9-14(26-2)10-8-13/h3-10H,11-12H2,1-2H3,(H,21,25)/p+1. The molecule has 146 valence electrons. The lowest BCUT2D eigenvalue weighted by atomic mass is 10.2. The Bertz CT molecular complexity index is 1020. The van der Waals surface area contributed by atoms with Crippen molar-refractivity contribution in [1.29, 1.82) is 0 Å². The number of nitrogens with one attached hydrogen (secondary N) is 2. The van der Waals surface area contributed by atoms with Crippen molar-refractivity contribution in [3.63, 3.8) is 0 Å². The zero-order valence-corrected chi connectivity index (χ0v) is 17.0. The van der Waals surface area contributed by atoms with E-state index in [4.69, 9.17) is 33.0 Å². The van der Waals surface area contributed by atoms with Gasteiger partial charge in [-0.25, -0.2) is 0 Å². The maximum Gasteiger partial charge on any atom is 0.292 e. The summed E-state index contributed by atoms with van der Waals surface area (Å²) in [4.78, 5) is 13.4. The number of para-hydroxylation sites is 1. The monoisotopic (exact) mass is 419 g/mol. The number of hydrogen-bond donors (Lipinski definition) is 2. The molecule has 1 amide bonds. The van der Waals surface area contributed by atoms with Crippen LogP contribution in [0, 0.1) is 4.84 Å². The Balaban J connectivity index is 1.63. The molecule has 2 N–H and O–H groups in total. The van der Waals surface area contributed by atoms with E-state index in [1.807, 2.05) is 43.4 Å². The van der Waals surface area contributed by atoms with Crippen LogP contribution >= 0.6 is 23.8 Å². The Morgan fingerprint density at radius 3 is 2.68 bits per heavy atom. The number of carbonyl (C=O) groups excluding carboxylic acids is 1. The maximum atomic E-state index is 12.3. The Hall–Kier alpha value is -2.68. The van der Waals surface area contributed by atoms with E-state index in [0.29, 0.717) is 23.3 Å². The summed E-state index contributed by atoms with van der Waals surface area (Å²) in [7, 11) is 3.48. The second kappa shape index (κ2) is 9.01. The first kappa shape index (κ1) is 20.1. The van der Waals surface area contributed by atoms with Gasteiger partial charge in [0.1, 0.15) is 5.75 Å². The fourth-order valence-electron chi connectivity index (χ4n) is 2.60. The molecular formula is C19H20ClN4O3S+. The van der Waals surface area contributed by atoms with Crippen LogP contribution in [0.5, 0.6) is 5.75 Å². The molecule has 0 radical (unpaired) electrons. The van der Waals surface area contributed by atoms with Crippen molar-refractivity contribution in [3.05, 3.63) is 58.4 Å². The molecule has 0 saturated heterocycles. The average molecular weight is 420 g/mol. The van der Waals surface area contributed by atoms with Crippen LogP contribution in [0.2, 0.25) is 5.02 Å². The Morgan fingerprint density at radius 1 is 1.29 bits per heavy atom. The highest BCUT2D eigenvalue weighted by Gasteiger charge is 2.15. The van der Waals surface area contributed by atoms with Gasteiger partial charge in [0.15, 0.2) is 13.2 Å². The van der Waals surface area contributed by atoms with E-state index in [1.165, 1.54) is 0 Å². The number of likely N-dealkylation sites (N-methyl/N-ethyl adjacent to an activating group) is 1. The van der Waals surface area contributed by atoms with Gasteiger partial charge < -0.3 is 19.4 Å². The fraction of sp³-hybridized carbons (Fsp3) is 0.211. The molecule has 0 spiro atoms. The van der Waals surface area contributed by atoms with Gasteiger partial charge in [-0.1, -0.05) is 23.7 Å². The molecule has 1 heterocycles. The van der Waals surface area contributed by atoms with Gasteiger partial charge in [-0.2, -0.15) is 4.68 Å². The number of amides is 1. The van der Waals surface area contributed by atoms with Crippen molar-refractivity contribution >= 4 is 35.4 Å². The molecule has 2 aromatic carbocycles. The van der Waals surface area contributed by atoms with Gasteiger partial charge in [-0.05, 0) is 48.6 Å². The van der Waals surface area contributed by atoms with Gasteiger partial charge in [0.25, 0.3) is 10.7 Å². The van der Waals surface area contributed by atoms with Gasteiger partial charge in [0.05, 0.1) is 24.9 Å². The first-order valence-electron chi connectivity index (χ1n) is 8.54. The third kappa shape index (κ3) is 4.98. The van der Waals surface area contributed by atoms with Gasteiger partial charge in [0.2, 0.25) is 5.89 Å². The van der Waals surface area contributed by atoms with Crippen LogP contribution in [0.1, 0.15) is 0 Å². The van der Waals surface area contributed by atoms with E-state index in [-0.39, 0.29) is 17.3 Å². The van der Waals surface area contributed by atoms with E-state index >= 15 is 0 Å². The molecule has 1 atom stereocenters. The second-order valence-corrected chi connectivity index (χ2v) is 6.98.